The molecule has 2 aromatic carbocycles. The zero-order chi connectivity index (χ0) is 19.8. The number of hydrogen-bond acceptors (Lipinski definition) is 5. The van der Waals surface area contributed by atoms with E-state index in [1.807, 2.05) is 30.3 Å². The first kappa shape index (κ1) is 20.9. The summed E-state index contributed by atoms with van der Waals surface area (Å²) in [6.07, 6.45) is -0.348. The Balaban J connectivity index is 1.33. The molecule has 5 nitrogen and oxygen atoms in total. The standard InChI is InChI=1S/C22H29N3O2S/c1-18-7-9-21(10-8-18)28-17-20(26)15-24-11-13-25(14-12-24)16-22(27)23-19-5-3-2-4-6-19/h2-10,20,26H,11-17H2,1H3,(H,23,27). The van der Waals surface area contributed by atoms with E-state index in [4.69, 9.17) is 0 Å². The molecule has 1 atom stereocenters. The summed E-state index contributed by atoms with van der Waals surface area (Å²) < 4.78 is 0. The summed E-state index contributed by atoms with van der Waals surface area (Å²) in [6, 6.07) is 18.0. The lowest BCUT2D eigenvalue weighted by Gasteiger charge is -2.35. The van der Waals surface area contributed by atoms with Crippen LogP contribution in [0.2, 0.25) is 0 Å². The number of anilines is 1. The molecular weight excluding hydrogens is 370 g/mol. The van der Waals surface area contributed by atoms with Crippen LogP contribution >= 0.6 is 11.8 Å². The van der Waals surface area contributed by atoms with E-state index in [2.05, 4.69) is 46.3 Å². The normalized spacial score (nSPS) is 16.6. The third-order valence-electron chi connectivity index (χ3n) is 4.82. The number of piperazine rings is 1. The molecule has 6 heteroatoms. The molecule has 28 heavy (non-hydrogen) atoms. The highest BCUT2D eigenvalue weighted by atomic mass is 32.2. The Hall–Kier alpha value is -1.86. The molecule has 0 saturated carbocycles. The fraction of sp³-hybridized carbons (Fsp3) is 0.409. The number of carbonyl (C=O) groups excluding carboxylic acids is 1. The van der Waals surface area contributed by atoms with E-state index in [9.17, 15) is 9.90 Å². The molecule has 0 aliphatic carbocycles. The number of β-amino-alcohol motifs (C(OH)–C–C–N with tert-alkyl or cyclic N) is 1. The lowest BCUT2D eigenvalue weighted by atomic mass is 10.2. The minimum Gasteiger partial charge on any atom is -0.391 e. The van der Waals surface area contributed by atoms with Crippen molar-refractivity contribution in [3.8, 4) is 0 Å². The number of thioether (sulfide) groups is 1. The highest BCUT2D eigenvalue weighted by molar-refractivity contribution is 7.99. The minimum absolute atomic E-state index is 0.0224. The molecule has 3 rings (SSSR count). The number of carbonyl (C=O) groups is 1. The summed E-state index contributed by atoms with van der Waals surface area (Å²) in [7, 11) is 0. The second-order valence-electron chi connectivity index (χ2n) is 7.27. The monoisotopic (exact) mass is 399 g/mol. The predicted molar refractivity (Wildman–Crippen MR) is 116 cm³/mol. The molecule has 0 bridgehead atoms. The summed E-state index contributed by atoms with van der Waals surface area (Å²) in [5.74, 6) is 0.720. The van der Waals surface area contributed by atoms with Crippen molar-refractivity contribution in [2.45, 2.75) is 17.9 Å². The van der Waals surface area contributed by atoms with Crippen LogP contribution in [0.25, 0.3) is 0 Å². The Morgan fingerprint density at radius 1 is 1.04 bits per heavy atom. The SMILES string of the molecule is Cc1ccc(SCC(O)CN2CCN(CC(=O)Nc3ccccc3)CC2)cc1. The van der Waals surface area contributed by atoms with Gasteiger partial charge in [0.05, 0.1) is 12.6 Å². The average molecular weight is 400 g/mol. The highest BCUT2D eigenvalue weighted by Crippen LogP contribution is 2.19. The number of para-hydroxylation sites is 1. The number of aryl methyl sites for hydroxylation is 1. The molecule has 0 aromatic heterocycles. The van der Waals surface area contributed by atoms with E-state index in [1.165, 1.54) is 10.5 Å². The number of amides is 1. The zero-order valence-corrected chi connectivity index (χ0v) is 17.2. The van der Waals surface area contributed by atoms with Crippen molar-refractivity contribution in [3.63, 3.8) is 0 Å². The van der Waals surface area contributed by atoms with Crippen LogP contribution < -0.4 is 5.32 Å². The number of rotatable bonds is 8. The fourth-order valence-corrected chi connectivity index (χ4v) is 4.05. The minimum atomic E-state index is -0.348. The topological polar surface area (TPSA) is 55.8 Å². The van der Waals surface area contributed by atoms with Crippen LogP contribution in [0.1, 0.15) is 5.56 Å². The van der Waals surface area contributed by atoms with Gasteiger partial charge in [0.1, 0.15) is 0 Å². The average Bonchev–Trinajstić information content (AvgIpc) is 2.70. The highest BCUT2D eigenvalue weighted by Gasteiger charge is 2.20. The van der Waals surface area contributed by atoms with Gasteiger partial charge in [0.15, 0.2) is 0 Å². The van der Waals surface area contributed by atoms with Crippen molar-refractivity contribution in [2.24, 2.45) is 0 Å². The van der Waals surface area contributed by atoms with Crippen molar-refractivity contribution in [2.75, 3.05) is 50.3 Å². The van der Waals surface area contributed by atoms with Crippen molar-refractivity contribution in [3.05, 3.63) is 60.2 Å². The van der Waals surface area contributed by atoms with Crippen molar-refractivity contribution < 1.29 is 9.90 Å². The summed E-state index contributed by atoms with van der Waals surface area (Å²) in [5, 5.41) is 13.3. The molecule has 1 saturated heterocycles. The molecule has 0 spiro atoms. The van der Waals surface area contributed by atoms with Crippen LogP contribution in [0.5, 0.6) is 0 Å². The molecule has 1 unspecified atom stereocenters. The Bertz CT molecular complexity index is 731. The van der Waals surface area contributed by atoms with E-state index in [0.29, 0.717) is 18.8 Å². The molecular formula is C22H29N3O2S. The predicted octanol–water partition coefficient (Wildman–Crippen LogP) is 2.70. The summed E-state index contributed by atoms with van der Waals surface area (Å²) in [6.45, 7) is 6.63. The van der Waals surface area contributed by atoms with Gasteiger partial charge in [0.25, 0.3) is 0 Å². The number of nitrogens with one attached hydrogen (secondary N) is 1. The van der Waals surface area contributed by atoms with Crippen molar-refractivity contribution in [1.29, 1.82) is 0 Å². The molecule has 1 heterocycles. The lowest BCUT2D eigenvalue weighted by Crippen LogP contribution is -2.50. The van der Waals surface area contributed by atoms with E-state index in [-0.39, 0.29) is 12.0 Å². The fourth-order valence-electron chi connectivity index (χ4n) is 3.23. The van der Waals surface area contributed by atoms with Gasteiger partial charge in [-0.05, 0) is 31.2 Å². The lowest BCUT2D eigenvalue weighted by molar-refractivity contribution is -0.117. The molecule has 1 fully saturated rings. The molecule has 150 valence electrons. The summed E-state index contributed by atoms with van der Waals surface area (Å²) in [5.41, 5.74) is 2.08. The van der Waals surface area contributed by atoms with Crippen LogP contribution in [0.3, 0.4) is 0 Å². The quantitative estimate of drug-likeness (QED) is 0.669. The maximum absolute atomic E-state index is 12.2. The Morgan fingerprint density at radius 3 is 2.36 bits per heavy atom. The van der Waals surface area contributed by atoms with Gasteiger partial charge in [-0.1, -0.05) is 35.9 Å². The van der Waals surface area contributed by atoms with E-state index in [0.717, 1.165) is 31.9 Å². The Kier molecular flexibility index (Phi) is 7.91. The van der Waals surface area contributed by atoms with Gasteiger partial charge in [-0.15, -0.1) is 11.8 Å². The van der Waals surface area contributed by atoms with Gasteiger partial charge in [0, 0.05) is 49.1 Å². The summed E-state index contributed by atoms with van der Waals surface area (Å²) >= 11 is 1.70. The zero-order valence-electron chi connectivity index (χ0n) is 16.4. The van der Waals surface area contributed by atoms with Crippen molar-refractivity contribution in [1.82, 2.24) is 9.80 Å². The number of benzene rings is 2. The first-order chi connectivity index (χ1) is 13.6. The Morgan fingerprint density at radius 2 is 1.68 bits per heavy atom. The molecule has 1 aliphatic heterocycles. The van der Waals surface area contributed by atoms with Gasteiger partial charge in [-0.2, -0.15) is 0 Å². The van der Waals surface area contributed by atoms with Crippen LogP contribution in [0, 0.1) is 6.92 Å². The second kappa shape index (κ2) is 10.6. The third kappa shape index (κ3) is 6.95. The van der Waals surface area contributed by atoms with Crippen LogP contribution in [0.15, 0.2) is 59.5 Å². The number of hydrogen-bond donors (Lipinski definition) is 2. The number of nitrogens with zero attached hydrogens (tertiary/aromatic N) is 2. The van der Waals surface area contributed by atoms with Gasteiger partial charge in [-0.3, -0.25) is 14.6 Å². The number of aliphatic hydroxyl groups excluding tert-OH is 1. The maximum Gasteiger partial charge on any atom is 0.238 e. The second-order valence-corrected chi connectivity index (χ2v) is 8.36. The van der Waals surface area contributed by atoms with Crippen LogP contribution in [0.4, 0.5) is 5.69 Å². The van der Waals surface area contributed by atoms with Gasteiger partial charge in [-0.25, -0.2) is 0 Å². The van der Waals surface area contributed by atoms with E-state index >= 15 is 0 Å². The smallest absolute Gasteiger partial charge is 0.238 e. The molecule has 1 amide bonds. The Labute approximate surface area is 171 Å². The first-order valence-electron chi connectivity index (χ1n) is 9.75. The van der Waals surface area contributed by atoms with Gasteiger partial charge in [0.2, 0.25) is 5.91 Å². The van der Waals surface area contributed by atoms with Crippen molar-refractivity contribution >= 4 is 23.4 Å². The molecule has 1 aliphatic rings. The van der Waals surface area contributed by atoms with Crippen LogP contribution in [-0.4, -0.2) is 71.9 Å². The largest absolute Gasteiger partial charge is 0.391 e. The van der Waals surface area contributed by atoms with Gasteiger partial charge >= 0.3 is 0 Å². The van der Waals surface area contributed by atoms with E-state index in [1.54, 1.807) is 11.8 Å². The molecule has 2 N–H and O–H groups in total. The summed E-state index contributed by atoms with van der Waals surface area (Å²) in [4.78, 5) is 17.8. The number of aliphatic hydroxyl groups is 1. The van der Waals surface area contributed by atoms with Gasteiger partial charge < -0.3 is 10.4 Å². The third-order valence-corrected chi connectivity index (χ3v) is 5.98. The first-order valence-corrected chi connectivity index (χ1v) is 10.7. The van der Waals surface area contributed by atoms with E-state index < -0.39 is 0 Å². The van der Waals surface area contributed by atoms with Crippen LogP contribution in [-0.2, 0) is 4.79 Å². The molecule has 2 aromatic rings. The molecule has 0 radical (unpaired) electrons. The maximum atomic E-state index is 12.2.